The van der Waals surface area contributed by atoms with Gasteiger partial charge in [0.1, 0.15) is 0 Å². The third-order valence-corrected chi connectivity index (χ3v) is 14.1. The van der Waals surface area contributed by atoms with Gasteiger partial charge in [-0.1, -0.05) is 57.0 Å². The predicted molar refractivity (Wildman–Crippen MR) is 272 cm³/mol. The first-order valence-electron chi connectivity index (χ1n) is 25.2. The fourth-order valence-electron chi connectivity index (χ4n) is 9.98. The summed E-state index contributed by atoms with van der Waals surface area (Å²) in [6.45, 7) is 6.54. The molecule has 0 saturated heterocycles. The van der Waals surface area contributed by atoms with Crippen molar-refractivity contribution in [2.24, 2.45) is 0 Å². The van der Waals surface area contributed by atoms with Crippen LogP contribution in [0.25, 0.3) is 83.4 Å². The molecule has 0 fully saturated rings. The zero-order chi connectivity index (χ0) is 49.6. The van der Waals surface area contributed by atoms with Crippen molar-refractivity contribution in [3.8, 4) is 62.1 Å². The average molecular weight is 1050 g/mol. The maximum atomic E-state index is 8.76. The summed E-state index contributed by atoms with van der Waals surface area (Å²) in [6.07, 6.45) is 5.07. The van der Waals surface area contributed by atoms with Gasteiger partial charge in [0.15, 0.2) is 0 Å². The summed E-state index contributed by atoms with van der Waals surface area (Å²) in [7, 11) is 0. The number of nitrogens with zero attached hydrogens (tertiary/aromatic N) is 4. The van der Waals surface area contributed by atoms with E-state index in [1.165, 1.54) is 39.1 Å². The van der Waals surface area contributed by atoms with Crippen LogP contribution in [0.15, 0.2) is 200 Å². The number of ether oxygens (including phenoxy) is 1. The number of hydrogen-bond acceptors (Lipinski definition) is 2. The third kappa shape index (κ3) is 7.21. The van der Waals surface area contributed by atoms with Crippen LogP contribution in [-0.2, 0) is 37.6 Å². The Kier molecular flexibility index (Phi) is 8.85. The normalized spacial score (nSPS) is 13.7. The smallest absolute Gasteiger partial charge is 0.0617 e. The molecule has 11 aromatic rings. The fraction of sp³-hybridized carbons (Fsp3) is 0.115. The minimum absolute atomic E-state index is 0.137. The van der Waals surface area contributed by atoms with Crippen molar-refractivity contribution in [2.75, 3.05) is 0 Å². The first-order valence-corrected chi connectivity index (χ1v) is 23.9. The molecule has 0 aliphatic heterocycles. The van der Waals surface area contributed by atoms with Crippen LogP contribution >= 0.6 is 0 Å². The molecule has 12 rings (SSSR count). The number of para-hydroxylation sites is 2. The van der Waals surface area contributed by atoms with Crippen molar-refractivity contribution in [2.45, 2.75) is 45.4 Å². The van der Waals surface area contributed by atoms with Crippen molar-refractivity contribution in [1.29, 1.82) is 0 Å². The summed E-state index contributed by atoms with van der Waals surface area (Å²) in [5.74, 6) is 2.02. The molecule has 3 aromatic heterocycles. The fourth-order valence-corrected chi connectivity index (χ4v) is 11.1. The maximum absolute atomic E-state index is 8.76. The number of aryl methyl sites for hydroxylation is 1. The van der Waals surface area contributed by atoms with E-state index < -0.39 is 6.04 Å². The molecule has 0 amide bonds. The monoisotopic (exact) mass is 1050 g/mol. The van der Waals surface area contributed by atoms with Gasteiger partial charge in [0.05, 0.1) is 6.85 Å². The van der Waals surface area contributed by atoms with Crippen LogP contribution in [-0.4, -0.2) is 18.7 Å². The number of imidazole rings is 1. The molecule has 0 radical (unpaired) electrons. The second kappa shape index (κ2) is 16.5. The Morgan fingerprint density at radius 3 is 2.07 bits per heavy atom. The Bertz CT molecular complexity index is 4030. The molecule has 67 heavy (non-hydrogen) atoms. The molecule has 1 aliphatic carbocycles. The number of hydrogen-bond donors (Lipinski definition) is 0. The average Bonchev–Trinajstić information content (AvgIpc) is 4.09. The Morgan fingerprint density at radius 1 is 0.567 bits per heavy atom. The molecule has 0 N–H and O–H groups in total. The second-order valence-electron chi connectivity index (χ2n) is 18.3. The van der Waals surface area contributed by atoms with Crippen molar-refractivity contribution >= 4 is 32.8 Å². The first-order chi connectivity index (χ1) is 34.9. The van der Waals surface area contributed by atoms with E-state index in [4.69, 9.17) is 16.6 Å². The van der Waals surface area contributed by atoms with Gasteiger partial charge in [0, 0.05) is 6.20 Å². The minimum Gasteiger partial charge on any atom is -0.0617 e. The van der Waals surface area contributed by atoms with Crippen LogP contribution in [0.3, 0.4) is 0 Å². The number of fused-ring (bicyclic) bond motifs is 5. The minimum atomic E-state index is -0.418. The van der Waals surface area contributed by atoms with Crippen LogP contribution in [0.5, 0.6) is 11.5 Å². The molecule has 0 spiro atoms. The predicted octanol–water partition coefficient (Wildman–Crippen LogP) is 15.6. The van der Waals surface area contributed by atoms with Crippen LogP contribution < -0.4 is 4.74 Å². The van der Waals surface area contributed by atoms with Crippen molar-refractivity contribution in [3.05, 3.63) is 221 Å². The molecule has 1 aliphatic rings. The van der Waals surface area contributed by atoms with Gasteiger partial charge in [-0.3, -0.25) is 0 Å². The van der Waals surface area contributed by atoms with Gasteiger partial charge in [0.2, 0.25) is 0 Å². The van der Waals surface area contributed by atoms with Gasteiger partial charge in [-0.05, 0) is 28.2 Å². The van der Waals surface area contributed by atoms with Crippen LogP contribution in [0.1, 0.15) is 50.7 Å². The summed E-state index contributed by atoms with van der Waals surface area (Å²) in [4.78, 5) is 4.90. The van der Waals surface area contributed by atoms with Gasteiger partial charge in [-0.25, -0.2) is 0 Å². The molecule has 0 atom stereocenters. The van der Waals surface area contributed by atoms with Crippen LogP contribution in [0.2, 0.25) is 0 Å². The summed E-state index contributed by atoms with van der Waals surface area (Å²) >= 11 is 2.51. The van der Waals surface area contributed by atoms with Gasteiger partial charge in [0.25, 0.3) is 0 Å². The zero-order valence-corrected chi connectivity index (χ0v) is 39.6. The summed E-state index contributed by atoms with van der Waals surface area (Å²) in [6, 6.07) is 55.2. The van der Waals surface area contributed by atoms with E-state index in [1.54, 1.807) is 0 Å². The zero-order valence-electron chi connectivity index (χ0n) is 42.3. The quantitative estimate of drug-likeness (QED) is 0.152. The number of rotatable bonds is 8. The molecule has 3 heterocycles. The van der Waals surface area contributed by atoms with E-state index in [-0.39, 0.29) is 35.1 Å². The molecule has 8 aromatic carbocycles. The Morgan fingerprint density at radius 2 is 1.30 bits per heavy atom. The van der Waals surface area contributed by atoms with E-state index in [9.17, 15) is 0 Å². The summed E-state index contributed by atoms with van der Waals surface area (Å²) in [5.41, 5.74) is 15.4. The van der Waals surface area contributed by atoms with E-state index >= 15 is 0 Å². The molecule has 328 valence electrons. The second-order valence-corrected chi connectivity index (χ2v) is 19.3. The van der Waals surface area contributed by atoms with E-state index in [1.807, 2.05) is 60.8 Å². The molecular formula is C61H48N4OPt. The molecule has 5 nitrogen and oxygen atoms in total. The third-order valence-electron chi connectivity index (χ3n) is 13.1. The van der Waals surface area contributed by atoms with Crippen molar-refractivity contribution in [1.82, 2.24) is 18.7 Å². The topological polar surface area (TPSA) is 36.9 Å². The Balaban J connectivity index is 1.01. The standard InChI is InChI=1S/C61H48N4O.Pt/c1-61(2,3)46-33-34-62-58(37-46)65-54-32-29-44(41-17-7-4-8-18-41)35-53(54)51-31-30-49(39-57(51)65)66-48-25-16-24-47(38-48)63-40-64(56-28-14-13-27-55(56)63)60-52(42-19-9-5-10-20-42)36-45-23-15-26-50(45)59(60)43-21-11-6-12-22-43;/h4-14,16-22,24-25,27-39H,15,23,26H2,1-3H3;/i4D,7D,8D,17D,18D;. The Labute approximate surface area is 408 Å². The van der Waals surface area contributed by atoms with E-state index in [0.717, 1.165) is 73.0 Å². The molecule has 0 unspecified atom stereocenters. The van der Waals surface area contributed by atoms with Gasteiger partial charge >= 0.3 is 312 Å². The van der Waals surface area contributed by atoms with Gasteiger partial charge in [-0.15, -0.1) is 0 Å². The molecule has 6 heteroatoms. The van der Waals surface area contributed by atoms with Crippen molar-refractivity contribution < 1.29 is 30.9 Å². The molecule has 0 bridgehead atoms. The Hall–Kier alpha value is -7.33. The number of aromatic nitrogens is 4. The SMILES string of the molecule is [2H]c1c([2H])c([2H])c(-c2ccc3c(c2)c2ccc(Oc4cccc(-n5[c](=[Pt])n(-c6c(-c7ccccc7)cc7c(c6-c6ccccc6)CCC7)c6ccccc65)c4)cc2n3-c2cc(C(C)(C)C)ccn2)c([2H])c1[2H]. The summed E-state index contributed by atoms with van der Waals surface area (Å²) < 4.78 is 57.3. The number of pyridine rings is 1. The van der Waals surface area contributed by atoms with E-state index in [2.05, 4.69) is 163 Å². The summed E-state index contributed by atoms with van der Waals surface area (Å²) in [5, 5.41) is 1.75. The van der Waals surface area contributed by atoms with Crippen LogP contribution in [0.4, 0.5) is 0 Å². The van der Waals surface area contributed by atoms with E-state index in [0.29, 0.717) is 17.1 Å². The van der Waals surface area contributed by atoms with Crippen LogP contribution in [0, 0.1) is 3.80 Å². The van der Waals surface area contributed by atoms with Crippen molar-refractivity contribution in [3.63, 3.8) is 0 Å². The first kappa shape index (κ1) is 35.9. The van der Waals surface area contributed by atoms with Gasteiger partial charge in [-0.2, -0.15) is 0 Å². The molecular weight excluding hydrogens is 1000 g/mol. The molecule has 0 saturated carbocycles. The number of benzene rings is 8. The van der Waals surface area contributed by atoms with Gasteiger partial charge < -0.3 is 0 Å².